The summed E-state index contributed by atoms with van der Waals surface area (Å²) in [4.78, 5) is 27.3. The van der Waals surface area contributed by atoms with Gasteiger partial charge in [0.05, 0.1) is 23.9 Å². The zero-order valence-electron chi connectivity index (χ0n) is 19.3. The SMILES string of the molecule is COC(=O)C1=C(C)N(c2ccccc2F)C(=O)/C1=C/c1cc(C)n(-c2ccc(C)cc2)c1C. The number of rotatable bonds is 4. The lowest BCUT2D eigenvalue weighted by atomic mass is 10.0. The molecule has 1 amide bonds. The number of hydrogen-bond donors (Lipinski definition) is 0. The number of hydrogen-bond acceptors (Lipinski definition) is 3. The van der Waals surface area contributed by atoms with E-state index < -0.39 is 17.7 Å². The van der Waals surface area contributed by atoms with Gasteiger partial charge in [0.25, 0.3) is 5.91 Å². The number of aryl methyl sites for hydroxylation is 2. The van der Waals surface area contributed by atoms with Crippen LogP contribution in [0, 0.1) is 26.6 Å². The van der Waals surface area contributed by atoms with Gasteiger partial charge >= 0.3 is 5.97 Å². The first kappa shape index (κ1) is 22.3. The van der Waals surface area contributed by atoms with E-state index in [4.69, 9.17) is 4.74 Å². The summed E-state index contributed by atoms with van der Waals surface area (Å²) in [5, 5.41) is 0. The highest BCUT2D eigenvalue weighted by Crippen LogP contribution is 2.37. The lowest BCUT2D eigenvalue weighted by Gasteiger charge is -2.18. The molecule has 4 rings (SSSR count). The minimum absolute atomic E-state index is 0.0925. The molecule has 0 atom stereocenters. The van der Waals surface area contributed by atoms with Gasteiger partial charge in [-0.3, -0.25) is 9.69 Å². The highest BCUT2D eigenvalue weighted by Gasteiger charge is 2.39. The summed E-state index contributed by atoms with van der Waals surface area (Å²) in [5.74, 6) is -1.66. The molecule has 1 aliphatic rings. The third kappa shape index (κ3) is 3.78. The van der Waals surface area contributed by atoms with E-state index in [0.29, 0.717) is 5.70 Å². The smallest absolute Gasteiger partial charge is 0.340 e. The number of allylic oxidation sites excluding steroid dienone is 1. The van der Waals surface area contributed by atoms with E-state index in [1.807, 2.05) is 51.1 Å². The normalized spacial score (nSPS) is 15.0. The molecule has 33 heavy (non-hydrogen) atoms. The molecule has 0 saturated heterocycles. The molecule has 5 nitrogen and oxygen atoms in total. The lowest BCUT2D eigenvalue weighted by molar-refractivity contribution is -0.136. The van der Waals surface area contributed by atoms with E-state index in [2.05, 4.69) is 4.57 Å². The third-order valence-electron chi connectivity index (χ3n) is 5.95. The maximum Gasteiger partial charge on any atom is 0.340 e. The quantitative estimate of drug-likeness (QED) is 0.399. The number of benzene rings is 2. The summed E-state index contributed by atoms with van der Waals surface area (Å²) in [6.45, 7) is 7.60. The molecule has 2 heterocycles. The minimum atomic E-state index is -0.640. The molecular weight excluding hydrogens is 419 g/mol. The van der Waals surface area contributed by atoms with Crippen LogP contribution in [0.5, 0.6) is 0 Å². The van der Waals surface area contributed by atoms with Gasteiger partial charge in [0.2, 0.25) is 0 Å². The summed E-state index contributed by atoms with van der Waals surface area (Å²) >= 11 is 0. The minimum Gasteiger partial charge on any atom is -0.465 e. The van der Waals surface area contributed by atoms with E-state index in [9.17, 15) is 14.0 Å². The van der Waals surface area contributed by atoms with Gasteiger partial charge in [-0.15, -0.1) is 0 Å². The van der Waals surface area contributed by atoms with Crippen molar-refractivity contribution < 1.29 is 18.7 Å². The van der Waals surface area contributed by atoms with Crippen LogP contribution in [-0.2, 0) is 14.3 Å². The first-order valence-electron chi connectivity index (χ1n) is 10.6. The van der Waals surface area contributed by atoms with Crippen LogP contribution in [0.3, 0.4) is 0 Å². The monoisotopic (exact) mass is 444 g/mol. The summed E-state index contributed by atoms with van der Waals surface area (Å²) in [6, 6.07) is 16.1. The number of ether oxygens (including phenoxy) is 1. The zero-order valence-corrected chi connectivity index (χ0v) is 19.3. The van der Waals surface area contributed by atoms with E-state index in [1.54, 1.807) is 25.1 Å². The molecule has 2 aromatic carbocycles. The molecule has 1 aliphatic heterocycles. The molecule has 0 bridgehead atoms. The molecule has 0 N–H and O–H groups in total. The van der Waals surface area contributed by atoms with Crippen LogP contribution in [0.1, 0.15) is 29.4 Å². The fraction of sp³-hybridized carbons (Fsp3) is 0.185. The maximum atomic E-state index is 14.5. The van der Waals surface area contributed by atoms with Crippen molar-refractivity contribution in [1.82, 2.24) is 4.57 Å². The van der Waals surface area contributed by atoms with Gasteiger partial charge in [0.1, 0.15) is 5.82 Å². The molecular formula is C27H25FN2O3. The number of anilines is 1. The molecule has 0 radical (unpaired) electrons. The highest BCUT2D eigenvalue weighted by molar-refractivity contribution is 6.23. The van der Waals surface area contributed by atoms with Crippen LogP contribution in [0.25, 0.3) is 11.8 Å². The van der Waals surface area contributed by atoms with Crippen LogP contribution in [0.4, 0.5) is 10.1 Å². The average molecular weight is 445 g/mol. The Hall–Kier alpha value is -3.93. The van der Waals surface area contributed by atoms with Crippen LogP contribution in [0.15, 0.2) is 71.4 Å². The molecule has 0 fully saturated rings. The van der Waals surface area contributed by atoms with Crippen molar-refractivity contribution in [2.24, 2.45) is 0 Å². The van der Waals surface area contributed by atoms with Gasteiger partial charge in [0.15, 0.2) is 0 Å². The number of esters is 1. The molecule has 168 valence electrons. The van der Waals surface area contributed by atoms with Crippen LogP contribution < -0.4 is 4.90 Å². The standard InChI is InChI=1S/C27H25FN2O3/c1-16-10-12-21(13-11-16)29-17(2)14-20(18(29)3)15-22-25(27(32)33-5)19(4)30(26(22)31)24-9-7-6-8-23(24)28/h6-15H,1-5H3/b22-15+. The van der Waals surface area contributed by atoms with Gasteiger partial charge in [-0.05, 0) is 69.7 Å². The molecule has 6 heteroatoms. The van der Waals surface area contributed by atoms with Crippen molar-refractivity contribution in [3.05, 3.63) is 99.8 Å². The Labute approximate surface area is 192 Å². The topological polar surface area (TPSA) is 51.5 Å². The second-order valence-electron chi connectivity index (χ2n) is 8.10. The largest absolute Gasteiger partial charge is 0.465 e. The lowest BCUT2D eigenvalue weighted by Crippen LogP contribution is -2.25. The molecule has 0 unspecified atom stereocenters. The van der Waals surface area contributed by atoms with Crippen molar-refractivity contribution in [2.75, 3.05) is 12.0 Å². The van der Waals surface area contributed by atoms with Gasteiger partial charge in [-0.1, -0.05) is 29.8 Å². The maximum absolute atomic E-state index is 14.5. The Morgan fingerprint density at radius 1 is 1.00 bits per heavy atom. The Morgan fingerprint density at radius 2 is 1.67 bits per heavy atom. The van der Waals surface area contributed by atoms with E-state index in [1.165, 1.54) is 24.1 Å². The summed E-state index contributed by atoms with van der Waals surface area (Å²) in [5.41, 5.74) is 5.59. The predicted molar refractivity (Wildman–Crippen MR) is 127 cm³/mol. The first-order chi connectivity index (χ1) is 15.7. The Kier molecular flexibility index (Phi) is 5.77. The Morgan fingerprint density at radius 3 is 2.30 bits per heavy atom. The van der Waals surface area contributed by atoms with E-state index >= 15 is 0 Å². The zero-order chi connectivity index (χ0) is 23.9. The van der Waals surface area contributed by atoms with E-state index in [0.717, 1.165) is 28.2 Å². The number of halogens is 1. The average Bonchev–Trinajstić information content (AvgIpc) is 3.20. The van der Waals surface area contributed by atoms with Crippen molar-refractivity contribution in [3.8, 4) is 5.69 Å². The number of aromatic nitrogens is 1. The number of carbonyl (C=O) groups excluding carboxylic acids is 2. The number of para-hydroxylation sites is 1. The molecule has 3 aromatic rings. The second-order valence-corrected chi connectivity index (χ2v) is 8.10. The van der Waals surface area contributed by atoms with Crippen LogP contribution >= 0.6 is 0 Å². The number of methoxy groups -OCH3 is 1. The molecule has 0 aliphatic carbocycles. The highest BCUT2D eigenvalue weighted by atomic mass is 19.1. The van der Waals surface area contributed by atoms with E-state index in [-0.39, 0.29) is 16.8 Å². The van der Waals surface area contributed by atoms with Gasteiger partial charge in [-0.25, -0.2) is 9.18 Å². The van der Waals surface area contributed by atoms with Crippen LogP contribution in [-0.4, -0.2) is 23.6 Å². The predicted octanol–water partition coefficient (Wildman–Crippen LogP) is 5.42. The van der Waals surface area contributed by atoms with Crippen molar-refractivity contribution in [2.45, 2.75) is 27.7 Å². The number of amides is 1. The van der Waals surface area contributed by atoms with Crippen molar-refractivity contribution in [1.29, 1.82) is 0 Å². The third-order valence-corrected chi connectivity index (χ3v) is 5.95. The van der Waals surface area contributed by atoms with Gasteiger partial charge in [-0.2, -0.15) is 0 Å². The molecule has 0 spiro atoms. The second kappa shape index (κ2) is 8.54. The summed E-state index contributed by atoms with van der Waals surface area (Å²) < 4.78 is 21.6. The van der Waals surface area contributed by atoms with Gasteiger partial charge < -0.3 is 9.30 Å². The summed E-state index contributed by atoms with van der Waals surface area (Å²) in [6.07, 6.45) is 1.69. The van der Waals surface area contributed by atoms with Crippen molar-refractivity contribution in [3.63, 3.8) is 0 Å². The van der Waals surface area contributed by atoms with Crippen LogP contribution in [0.2, 0.25) is 0 Å². The number of carbonyl (C=O) groups is 2. The summed E-state index contributed by atoms with van der Waals surface area (Å²) in [7, 11) is 1.26. The fourth-order valence-corrected chi connectivity index (χ4v) is 4.28. The van der Waals surface area contributed by atoms with Gasteiger partial charge in [0, 0.05) is 22.8 Å². The number of nitrogens with zero attached hydrogens (tertiary/aromatic N) is 2. The Balaban J connectivity index is 1.86. The fourth-order valence-electron chi connectivity index (χ4n) is 4.28. The molecule has 0 saturated carbocycles. The first-order valence-corrected chi connectivity index (χ1v) is 10.6. The van der Waals surface area contributed by atoms with Crippen molar-refractivity contribution >= 4 is 23.6 Å². The molecule has 1 aromatic heterocycles. The Bertz CT molecular complexity index is 1330.